The lowest BCUT2D eigenvalue weighted by Gasteiger charge is -2.26. The van der Waals surface area contributed by atoms with Gasteiger partial charge in [0.1, 0.15) is 0 Å². The molecule has 2 aromatic carbocycles. The first kappa shape index (κ1) is 26.7. The average Bonchev–Trinajstić information content (AvgIpc) is 2.76. The molecule has 0 amide bonds. The highest BCUT2D eigenvalue weighted by molar-refractivity contribution is 7.89. The number of nitrogens with zero attached hydrogens (tertiary/aromatic N) is 1. The summed E-state index contributed by atoms with van der Waals surface area (Å²) in [5.41, 5.74) is 1.18. The summed E-state index contributed by atoms with van der Waals surface area (Å²) in [6, 6.07) is 10.2. The van der Waals surface area contributed by atoms with Crippen molar-refractivity contribution in [3.63, 3.8) is 0 Å². The molecule has 0 aromatic heterocycles. The molecule has 0 unspecified atom stereocenters. The molecule has 6 nitrogen and oxygen atoms in total. The number of aryl methyl sites for hydroxylation is 1. The molecule has 0 aliphatic heterocycles. The minimum atomic E-state index is -3.65. The quantitative estimate of drug-likeness (QED) is 0.389. The molecule has 0 atom stereocenters. The topological polar surface area (TPSA) is 67.9 Å². The van der Waals surface area contributed by atoms with Gasteiger partial charge in [-0.2, -0.15) is 4.31 Å². The molecule has 0 spiro atoms. The van der Waals surface area contributed by atoms with E-state index >= 15 is 0 Å². The smallest absolute Gasteiger partial charge is 0.243 e. The summed E-state index contributed by atoms with van der Waals surface area (Å²) in [6.07, 6.45) is 2.58. The van der Waals surface area contributed by atoms with Gasteiger partial charge in [-0.05, 0) is 82.1 Å². The van der Waals surface area contributed by atoms with E-state index < -0.39 is 10.0 Å². The van der Waals surface area contributed by atoms with Crippen LogP contribution in [0, 0.1) is 0 Å². The molecule has 0 heterocycles. The average molecular weight is 503 g/mol. The largest absolute Gasteiger partial charge is 0.493 e. The minimum Gasteiger partial charge on any atom is -0.493 e. The number of halogens is 2. The van der Waals surface area contributed by atoms with Crippen LogP contribution in [0.1, 0.15) is 32.3 Å². The number of benzene rings is 2. The van der Waals surface area contributed by atoms with Crippen molar-refractivity contribution in [3.05, 3.63) is 52.0 Å². The Morgan fingerprint density at radius 2 is 1.62 bits per heavy atom. The first-order valence-corrected chi connectivity index (χ1v) is 12.8. The van der Waals surface area contributed by atoms with E-state index in [1.807, 2.05) is 32.0 Å². The van der Waals surface area contributed by atoms with Gasteiger partial charge in [0.2, 0.25) is 10.0 Å². The molecule has 0 aliphatic rings. The third kappa shape index (κ3) is 7.25. The molecule has 32 heavy (non-hydrogen) atoms. The van der Waals surface area contributed by atoms with Crippen molar-refractivity contribution >= 4 is 33.2 Å². The number of methoxy groups -OCH3 is 2. The summed E-state index contributed by atoms with van der Waals surface area (Å²) in [5.74, 6) is 1.45. The van der Waals surface area contributed by atoms with Crippen LogP contribution in [0.5, 0.6) is 11.5 Å². The van der Waals surface area contributed by atoms with Crippen molar-refractivity contribution in [2.45, 2.75) is 44.0 Å². The summed E-state index contributed by atoms with van der Waals surface area (Å²) in [6.45, 7) is 5.72. The zero-order valence-electron chi connectivity index (χ0n) is 19.0. The fourth-order valence-electron chi connectivity index (χ4n) is 3.37. The molecule has 0 bridgehead atoms. The number of rotatable bonds is 13. The van der Waals surface area contributed by atoms with E-state index in [1.165, 1.54) is 28.1 Å². The molecule has 0 fully saturated rings. The molecule has 0 aliphatic carbocycles. The number of nitrogens with one attached hydrogen (secondary N) is 1. The Morgan fingerprint density at radius 3 is 2.25 bits per heavy atom. The summed E-state index contributed by atoms with van der Waals surface area (Å²) >= 11 is 11.9. The Kier molecular flexibility index (Phi) is 10.6. The summed E-state index contributed by atoms with van der Waals surface area (Å²) in [4.78, 5) is 0.156. The zero-order valence-corrected chi connectivity index (χ0v) is 21.4. The van der Waals surface area contributed by atoms with Crippen LogP contribution in [0.4, 0.5) is 0 Å². The maximum Gasteiger partial charge on any atom is 0.243 e. The van der Waals surface area contributed by atoms with E-state index in [4.69, 9.17) is 32.7 Å². The first-order chi connectivity index (χ1) is 15.2. The molecule has 9 heteroatoms. The van der Waals surface area contributed by atoms with Crippen molar-refractivity contribution in [2.24, 2.45) is 0 Å². The van der Waals surface area contributed by atoms with Crippen LogP contribution < -0.4 is 14.8 Å². The molecule has 0 saturated carbocycles. The monoisotopic (exact) mass is 502 g/mol. The molecular formula is C23H32Cl2N2O4S. The van der Waals surface area contributed by atoms with E-state index in [2.05, 4.69) is 5.32 Å². The van der Waals surface area contributed by atoms with E-state index in [0.717, 1.165) is 37.4 Å². The Hall–Kier alpha value is -1.51. The lowest BCUT2D eigenvalue weighted by atomic mass is 10.1. The van der Waals surface area contributed by atoms with Crippen molar-refractivity contribution in [1.82, 2.24) is 9.62 Å². The number of ether oxygens (including phenoxy) is 2. The van der Waals surface area contributed by atoms with Gasteiger partial charge in [-0.3, -0.25) is 0 Å². The van der Waals surface area contributed by atoms with Crippen LogP contribution in [0.2, 0.25) is 10.0 Å². The highest BCUT2D eigenvalue weighted by Crippen LogP contribution is 2.28. The minimum absolute atomic E-state index is 0.156. The van der Waals surface area contributed by atoms with Crippen LogP contribution in [0.15, 0.2) is 41.3 Å². The molecule has 1 N–H and O–H groups in total. The van der Waals surface area contributed by atoms with Crippen LogP contribution >= 0.6 is 23.2 Å². The fraction of sp³-hybridized carbons (Fsp3) is 0.478. The van der Waals surface area contributed by atoms with Crippen LogP contribution in [0.25, 0.3) is 0 Å². The number of sulfonamides is 1. The van der Waals surface area contributed by atoms with Gasteiger partial charge in [-0.25, -0.2) is 8.42 Å². The number of hydrogen-bond donors (Lipinski definition) is 1. The van der Waals surface area contributed by atoms with Crippen LogP contribution in [-0.2, 0) is 16.4 Å². The van der Waals surface area contributed by atoms with Crippen molar-refractivity contribution in [1.29, 1.82) is 0 Å². The predicted octanol–water partition coefficient (Wildman–Crippen LogP) is 5.02. The van der Waals surface area contributed by atoms with Crippen LogP contribution in [0.3, 0.4) is 0 Å². The molecular weight excluding hydrogens is 471 g/mol. The highest BCUT2D eigenvalue weighted by Gasteiger charge is 2.27. The third-order valence-electron chi connectivity index (χ3n) is 5.07. The van der Waals surface area contributed by atoms with Gasteiger partial charge >= 0.3 is 0 Å². The van der Waals surface area contributed by atoms with Gasteiger partial charge in [0.05, 0.1) is 29.2 Å². The highest BCUT2D eigenvalue weighted by atomic mass is 35.5. The zero-order chi connectivity index (χ0) is 23.7. The maximum absolute atomic E-state index is 13.0. The van der Waals surface area contributed by atoms with Gasteiger partial charge in [0, 0.05) is 12.6 Å². The number of hydrogen-bond acceptors (Lipinski definition) is 5. The standard InChI is InChI=1S/C23H32Cl2N2O4S/c1-17(2)27(32(28,29)19-9-10-20(24)21(25)16-19)14-6-13-26-12-5-7-18-8-11-22(30-3)23(15-18)31-4/h8-11,15-17,26H,5-7,12-14H2,1-4H3. The lowest BCUT2D eigenvalue weighted by molar-refractivity contribution is 0.346. The molecule has 2 aromatic rings. The molecule has 2 rings (SSSR count). The Bertz CT molecular complexity index is 984. The normalized spacial score (nSPS) is 11.9. The molecule has 0 saturated heterocycles. The van der Waals surface area contributed by atoms with E-state index in [-0.39, 0.29) is 16.0 Å². The van der Waals surface area contributed by atoms with E-state index in [9.17, 15) is 8.42 Å². The summed E-state index contributed by atoms with van der Waals surface area (Å²) < 4.78 is 38.2. The molecule has 0 radical (unpaired) electrons. The summed E-state index contributed by atoms with van der Waals surface area (Å²) in [5, 5.41) is 3.95. The predicted molar refractivity (Wildman–Crippen MR) is 131 cm³/mol. The Morgan fingerprint density at radius 1 is 0.938 bits per heavy atom. The Labute approximate surface area is 201 Å². The van der Waals surface area contributed by atoms with Gasteiger partial charge in [-0.1, -0.05) is 29.3 Å². The van der Waals surface area contributed by atoms with Gasteiger partial charge in [0.15, 0.2) is 11.5 Å². The van der Waals surface area contributed by atoms with Gasteiger partial charge in [0.25, 0.3) is 0 Å². The second-order valence-corrected chi connectivity index (χ2v) is 10.4. The maximum atomic E-state index is 13.0. The third-order valence-corrected chi connectivity index (χ3v) is 7.88. The summed E-state index contributed by atoms with van der Waals surface area (Å²) in [7, 11) is -0.392. The van der Waals surface area contributed by atoms with Crippen molar-refractivity contribution in [2.75, 3.05) is 33.9 Å². The second kappa shape index (κ2) is 12.7. The fourth-order valence-corrected chi connectivity index (χ4v) is 5.43. The van der Waals surface area contributed by atoms with Crippen molar-refractivity contribution in [3.8, 4) is 11.5 Å². The molecule has 178 valence electrons. The van der Waals surface area contributed by atoms with Crippen LogP contribution in [-0.4, -0.2) is 52.6 Å². The van der Waals surface area contributed by atoms with Gasteiger partial charge in [-0.15, -0.1) is 0 Å². The van der Waals surface area contributed by atoms with Crippen molar-refractivity contribution < 1.29 is 17.9 Å². The van der Waals surface area contributed by atoms with Gasteiger partial charge < -0.3 is 14.8 Å². The second-order valence-electron chi connectivity index (χ2n) is 7.68. The SMILES string of the molecule is COc1ccc(CCCNCCCN(C(C)C)S(=O)(=O)c2ccc(Cl)c(Cl)c2)cc1OC. The lowest BCUT2D eigenvalue weighted by Crippen LogP contribution is -2.38. The van der Waals surface area contributed by atoms with E-state index in [0.29, 0.717) is 18.0 Å². The Balaban J connectivity index is 1.80. The van der Waals surface area contributed by atoms with E-state index in [1.54, 1.807) is 14.2 Å². The first-order valence-electron chi connectivity index (χ1n) is 10.6.